The lowest BCUT2D eigenvalue weighted by atomic mass is 10.1. The molecule has 0 amide bonds. The topological polar surface area (TPSA) is 34.9 Å². The maximum Gasteiger partial charge on any atom is 0.212 e. The number of hydrogen-bond donors (Lipinski definition) is 0. The minimum Gasteiger partial charge on any atom is -0.287 e. The summed E-state index contributed by atoms with van der Waals surface area (Å²) < 4.78 is 1.62. The van der Waals surface area contributed by atoms with Gasteiger partial charge in [-0.3, -0.25) is 9.48 Å². The Balaban J connectivity index is 2.38. The van der Waals surface area contributed by atoms with Gasteiger partial charge in [0.15, 0.2) is 0 Å². The number of hydrogen-bond acceptors (Lipinski definition) is 3. The van der Waals surface area contributed by atoms with Crippen LogP contribution >= 0.6 is 23.4 Å². The van der Waals surface area contributed by atoms with Crippen LogP contribution in [0.25, 0.3) is 0 Å². The van der Waals surface area contributed by atoms with Gasteiger partial charge in [0.25, 0.3) is 0 Å². The third kappa shape index (κ3) is 2.44. The van der Waals surface area contributed by atoms with E-state index in [9.17, 15) is 4.79 Å². The summed E-state index contributed by atoms with van der Waals surface area (Å²) >= 11 is 7.66. The quantitative estimate of drug-likeness (QED) is 0.635. The van der Waals surface area contributed by atoms with E-state index in [0.29, 0.717) is 22.8 Å². The third-order valence-electron chi connectivity index (χ3n) is 2.66. The number of aromatic nitrogens is 2. The lowest BCUT2D eigenvalue weighted by molar-refractivity contribution is 0.102. The Bertz CT molecular complexity index is 563. The van der Waals surface area contributed by atoms with E-state index in [1.165, 1.54) is 6.20 Å². The maximum absolute atomic E-state index is 12.4. The summed E-state index contributed by atoms with van der Waals surface area (Å²) in [7, 11) is 0. The van der Waals surface area contributed by atoms with Crippen LogP contribution in [-0.2, 0) is 6.54 Å². The lowest BCUT2D eigenvalue weighted by Gasteiger charge is -2.05. The van der Waals surface area contributed by atoms with E-state index in [1.807, 2.05) is 37.4 Å². The highest BCUT2D eigenvalue weighted by atomic mass is 35.5. The van der Waals surface area contributed by atoms with Crippen LogP contribution in [0.3, 0.4) is 0 Å². The van der Waals surface area contributed by atoms with E-state index in [4.69, 9.17) is 11.6 Å². The van der Waals surface area contributed by atoms with Gasteiger partial charge in [-0.15, -0.1) is 11.8 Å². The average Bonchev–Trinajstić information content (AvgIpc) is 2.79. The molecule has 0 saturated heterocycles. The molecule has 2 rings (SSSR count). The number of rotatable bonds is 4. The van der Waals surface area contributed by atoms with Crippen LogP contribution in [0, 0.1) is 0 Å². The van der Waals surface area contributed by atoms with Crippen LogP contribution in [0.4, 0.5) is 0 Å². The Kier molecular flexibility index (Phi) is 4.09. The molecule has 0 aliphatic heterocycles. The third-order valence-corrected chi connectivity index (χ3v) is 3.68. The van der Waals surface area contributed by atoms with Crippen molar-refractivity contribution in [1.82, 2.24) is 9.78 Å². The fraction of sp³-hybridized carbons (Fsp3) is 0.231. The van der Waals surface area contributed by atoms with Gasteiger partial charge in [-0.05, 0) is 37.4 Å². The molecule has 94 valence electrons. The van der Waals surface area contributed by atoms with Crippen molar-refractivity contribution in [2.75, 3.05) is 6.26 Å². The van der Waals surface area contributed by atoms with Gasteiger partial charge < -0.3 is 0 Å². The van der Waals surface area contributed by atoms with Gasteiger partial charge in [0.05, 0.1) is 11.2 Å². The molecule has 1 heterocycles. The van der Waals surface area contributed by atoms with Crippen molar-refractivity contribution in [1.29, 1.82) is 0 Å². The van der Waals surface area contributed by atoms with Gasteiger partial charge >= 0.3 is 0 Å². The molecule has 0 atom stereocenters. The molecule has 0 radical (unpaired) electrons. The van der Waals surface area contributed by atoms with Gasteiger partial charge in [-0.2, -0.15) is 5.10 Å². The molecule has 1 aromatic carbocycles. The smallest absolute Gasteiger partial charge is 0.212 e. The van der Waals surface area contributed by atoms with Crippen LogP contribution in [-0.4, -0.2) is 21.8 Å². The van der Waals surface area contributed by atoms with E-state index in [1.54, 1.807) is 16.4 Å². The molecule has 0 bridgehead atoms. The molecule has 0 spiro atoms. The minimum absolute atomic E-state index is 0.0907. The zero-order valence-electron chi connectivity index (χ0n) is 10.2. The molecule has 0 saturated carbocycles. The molecule has 18 heavy (non-hydrogen) atoms. The summed E-state index contributed by atoms with van der Waals surface area (Å²) in [5.41, 5.74) is 1.08. The Hall–Kier alpha value is -1.26. The Morgan fingerprint density at radius 2 is 2.06 bits per heavy atom. The monoisotopic (exact) mass is 280 g/mol. The average molecular weight is 281 g/mol. The Morgan fingerprint density at radius 1 is 1.39 bits per heavy atom. The van der Waals surface area contributed by atoms with Gasteiger partial charge in [0.2, 0.25) is 5.78 Å². The summed E-state index contributed by atoms with van der Waals surface area (Å²) in [5, 5.41) is 4.47. The number of carbonyl (C=O) groups excluding carboxylic acids is 1. The van der Waals surface area contributed by atoms with Gasteiger partial charge in [0.1, 0.15) is 5.69 Å². The van der Waals surface area contributed by atoms with Gasteiger partial charge in [-0.1, -0.05) is 11.6 Å². The molecular weight excluding hydrogens is 268 g/mol. The highest BCUT2D eigenvalue weighted by Gasteiger charge is 2.18. The second-order valence-corrected chi connectivity index (χ2v) is 5.00. The first-order chi connectivity index (χ1) is 8.67. The van der Waals surface area contributed by atoms with E-state index in [2.05, 4.69) is 5.10 Å². The van der Waals surface area contributed by atoms with E-state index >= 15 is 0 Å². The van der Waals surface area contributed by atoms with E-state index in [-0.39, 0.29) is 5.78 Å². The van der Waals surface area contributed by atoms with Crippen molar-refractivity contribution < 1.29 is 4.79 Å². The fourth-order valence-corrected chi connectivity index (χ4v) is 2.34. The number of halogens is 1. The molecule has 0 fully saturated rings. The number of carbonyl (C=O) groups is 1. The summed E-state index contributed by atoms with van der Waals surface area (Å²) in [6.45, 7) is 2.55. The number of thioether (sulfide) groups is 1. The Labute approximate surface area is 115 Å². The van der Waals surface area contributed by atoms with Crippen molar-refractivity contribution in [3.63, 3.8) is 0 Å². The van der Waals surface area contributed by atoms with Crippen LogP contribution in [0.2, 0.25) is 5.02 Å². The van der Waals surface area contributed by atoms with Gasteiger partial charge in [-0.25, -0.2) is 0 Å². The molecule has 0 aliphatic rings. The zero-order chi connectivity index (χ0) is 13.1. The summed E-state index contributed by atoms with van der Waals surface area (Å²) in [6.07, 6.45) is 3.51. The van der Waals surface area contributed by atoms with Crippen molar-refractivity contribution in [2.24, 2.45) is 0 Å². The SMILES string of the molecule is CCn1ncc(Cl)c1C(=O)c1ccc(SC)cc1. The number of aryl methyl sites for hydroxylation is 1. The predicted octanol–water partition coefficient (Wildman–Crippen LogP) is 3.51. The zero-order valence-corrected chi connectivity index (χ0v) is 11.8. The molecule has 0 N–H and O–H groups in total. The Morgan fingerprint density at radius 3 is 2.61 bits per heavy atom. The van der Waals surface area contributed by atoms with Crippen molar-refractivity contribution in [3.05, 3.63) is 46.7 Å². The fourth-order valence-electron chi connectivity index (χ4n) is 1.71. The highest BCUT2D eigenvalue weighted by Crippen LogP contribution is 2.21. The first-order valence-electron chi connectivity index (χ1n) is 5.57. The first kappa shape index (κ1) is 13.2. The highest BCUT2D eigenvalue weighted by molar-refractivity contribution is 7.98. The van der Waals surface area contributed by atoms with Gasteiger partial charge in [0, 0.05) is 17.0 Å². The molecule has 1 aromatic heterocycles. The second kappa shape index (κ2) is 5.59. The molecule has 5 heteroatoms. The van der Waals surface area contributed by atoms with Crippen LogP contribution in [0.5, 0.6) is 0 Å². The van der Waals surface area contributed by atoms with Crippen LogP contribution < -0.4 is 0 Å². The van der Waals surface area contributed by atoms with E-state index < -0.39 is 0 Å². The standard InChI is InChI=1S/C13H13ClN2OS/c1-3-16-12(11(14)8-15-16)13(17)9-4-6-10(18-2)7-5-9/h4-8H,3H2,1-2H3. The molecule has 3 nitrogen and oxygen atoms in total. The number of ketones is 1. The normalized spacial score (nSPS) is 10.6. The van der Waals surface area contributed by atoms with Crippen LogP contribution in [0.15, 0.2) is 35.4 Å². The van der Waals surface area contributed by atoms with E-state index in [0.717, 1.165) is 4.90 Å². The largest absolute Gasteiger partial charge is 0.287 e. The number of benzene rings is 1. The maximum atomic E-state index is 12.4. The van der Waals surface area contributed by atoms with Crippen molar-refractivity contribution in [3.8, 4) is 0 Å². The molecular formula is C13H13ClN2OS. The van der Waals surface area contributed by atoms with Crippen LogP contribution in [0.1, 0.15) is 23.0 Å². The molecule has 0 unspecified atom stereocenters. The summed E-state index contributed by atoms with van der Waals surface area (Å²) in [6, 6.07) is 7.49. The lowest BCUT2D eigenvalue weighted by Crippen LogP contribution is -2.11. The second-order valence-electron chi connectivity index (χ2n) is 3.71. The predicted molar refractivity (Wildman–Crippen MR) is 74.6 cm³/mol. The molecule has 0 aliphatic carbocycles. The summed E-state index contributed by atoms with van der Waals surface area (Å²) in [5.74, 6) is -0.0907. The summed E-state index contributed by atoms with van der Waals surface area (Å²) in [4.78, 5) is 13.5. The van der Waals surface area contributed by atoms with Crippen molar-refractivity contribution >= 4 is 29.1 Å². The minimum atomic E-state index is -0.0907. The number of nitrogens with zero attached hydrogens (tertiary/aromatic N) is 2. The van der Waals surface area contributed by atoms with Crippen molar-refractivity contribution in [2.45, 2.75) is 18.4 Å². The first-order valence-corrected chi connectivity index (χ1v) is 7.17. The molecule has 2 aromatic rings.